The van der Waals surface area contributed by atoms with Crippen molar-refractivity contribution < 1.29 is 27.8 Å². The van der Waals surface area contributed by atoms with Gasteiger partial charge in [-0.25, -0.2) is 8.42 Å². The van der Waals surface area contributed by atoms with Gasteiger partial charge in [0, 0.05) is 26.1 Å². The van der Waals surface area contributed by atoms with Crippen LogP contribution in [0.4, 0.5) is 0 Å². The van der Waals surface area contributed by atoms with Crippen LogP contribution in [-0.2, 0) is 24.1 Å². The molecule has 0 radical (unpaired) electrons. The van der Waals surface area contributed by atoms with Crippen molar-refractivity contribution in [3.05, 3.63) is 0 Å². The van der Waals surface area contributed by atoms with Gasteiger partial charge in [-0.1, -0.05) is 0 Å². The lowest BCUT2D eigenvalue weighted by Gasteiger charge is -2.60. The number of carbonyl (C=O) groups excluding carboxylic acids is 1. The van der Waals surface area contributed by atoms with Crippen LogP contribution >= 0.6 is 0 Å². The van der Waals surface area contributed by atoms with Gasteiger partial charge in [-0.15, -0.1) is 0 Å². The van der Waals surface area contributed by atoms with Gasteiger partial charge in [-0.2, -0.15) is 0 Å². The second-order valence-electron chi connectivity index (χ2n) is 9.12. The van der Waals surface area contributed by atoms with Gasteiger partial charge in [-0.3, -0.25) is 4.79 Å². The van der Waals surface area contributed by atoms with Crippen LogP contribution in [0.3, 0.4) is 0 Å². The first-order valence-corrected chi connectivity index (χ1v) is 12.0. The van der Waals surface area contributed by atoms with Crippen molar-refractivity contribution in [1.29, 1.82) is 0 Å². The van der Waals surface area contributed by atoms with E-state index >= 15 is 0 Å². The molecule has 4 saturated carbocycles. The number of hydrogen-bond acceptors (Lipinski definition) is 7. The number of ether oxygens (including phenoxy) is 2. The number of hydrogen-bond donors (Lipinski definition) is 1. The van der Waals surface area contributed by atoms with Crippen molar-refractivity contribution in [1.82, 2.24) is 4.90 Å². The van der Waals surface area contributed by atoms with Crippen molar-refractivity contribution in [3.63, 3.8) is 0 Å². The Morgan fingerprint density at radius 2 is 1.70 bits per heavy atom. The summed E-state index contributed by atoms with van der Waals surface area (Å²) in [5.41, 5.74) is -0.629. The molecule has 5 fully saturated rings. The van der Waals surface area contributed by atoms with Crippen LogP contribution in [-0.4, -0.2) is 79.9 Å². The summed E-state index contributed by atoms with van der Waals surface area (Å²) in [6.07, 6.45) is 6.16. The van der Waals surface area contributed by atoms with Crippen LogP contribution in [0, 0.1) is 11.8 Å². The molecule has 7 nitrogen and oxygen atoms in total. The van der Waals surface area contributed by atoms with Gasteiger partial charge in [0.05, 0.1) is 36.7 Å². The number of nitrogens with zero attached hydrogens (tertiary/aromatic N) is 1. The molecular weight excluding hydrogens is 370 g/mol. The normalized spacial score (nSPS) is 40.2. The van der Waals surface area contributed by atoms with Crippen LogP contribution in [0.1, 0.15) is 44.9 Å². The Kier molecular flexibility index (Phi) is 5.29. The largest absolute Gasteiger partial charge is 0.459 e. The number of sulfone groups is 1. The number of esters is 1. The van der Waals surface area contributed by atoms with Crippen molar-refractivity contribution >= 4 is 15.8 Å². The van der Waals surface area contributed by atoms with E-state index in [4.69, 9.17) is 14.6 Å². The average Bonchev–Trinajstić information content (AvgIpc) is 2.57. The molecule has 5 rings (SSSR count). The summed E-state index contributed by atoms with van der Waals surface area (Å²) in [6.45, 7) is 1.94. The third-order valence-electron chi connectivity index (χ3n) is 6.85. The minimum absolute atomic E-state index is 0.0232. The second-order valence-corrected chi connectivity index (χ2v) is 11.4. The predicted molar refractivity (Wildman–Crippen MR) is 99.0 cm³/mol. The maximum atomic E-state index is 12.6. The molecule has 2 unspecified atom stereocenters. The molecule has 1 N–H and O–H groups in total. The lowest BCUT2D eigenvalue weighted by molar-refractivity contribution is -0.235. The summed E-state index contributed by atoms with van der Waals surface area (Å²) in [4.78, 5) is 14.6. The molecule has 4 bridgehead atoms. The molecule has 1 saturated heterocycles. The van der Waals surface area contributed by atoms with E-state index in [0.29, 0.717) is 44.5 Å². The van der Waals surface area contributed by atoms with Gasteiger partial charge >= 0.3 is 5.97 Å². The van der Waals surface area contributed by atoms with Crippen molar-refractivity contribution in [2.45, 2.75) is 56.1 Å². The smallest absolute Gasteiger partial charge is 0.307 e. The average molecular weight is 402 g/mol. The van der Waals surface area contributed by atoms with Gasteiger partial charge in [0.25, 0.3) is 0 Å². The fourth-order valence-electron chi connectivity index (χ4n) is 6.16. The zero-order chi connectivity index (χ0) is 19.1. The molecule has 1 aliphatic heterocycles. The molecule has 0 aromatic carbocycles. The van der Waals surface area contributed by atoms with Crippen LogP contribution in [0.25, 0.3) is 0 Å². The molecule has 154 valence electrons. The van der Waals surface area contributed by atoms with Crippen molar-refractivity contribution in [3.8, 4) is 0 Å². The summed E-state index contributed by atoms with van der Waals surface area (Å²) >= 11 is 0. The molecule has 0 amide bonds. The lowest BCUT2D eigenvalue weighted by Crippen LogP contribution is -2.61. The van der Waals surface area contributed by atoms with Crippen molar-refractivity contribution in [2.75, 3.05) is 44.4 Å². The zero-order valence-electron chi connectivity index (χ0n) is 15.9. The lowest BCUT2D eigenvalue weighted by atomic mass is 9.52. The van der Waals surface area contributed by atoms with E-state index < -0.39 is 15.4 Å². The molecule has 0 aromatic heterocycles. The first kappa shape index (κ1) is 19.6. The SMILES string of the molecule is O=C(CCN1CCS(=O)(=O)CC1)OC12CC3CC(CC(OCCO)(C3)C1)C2. The Labute approximate surface area is 161 Å². The highest BCUT2D eigenvalue weighted by atomic mass is 32.2. The monoisotopic (exact) mass is 401 g/mol. The Morgan fingerprint density at radius 3 is 2.33 bits per heavy atom. The topological polar surface area (TPSA) is 93.1 Å². The van der Waals surface area contributed by atoms with Gasteiger partial charge in [-0.05, 0) is 43.9 Å². The Morgan fingerprint density at radius 1 is 1.07 bits per heavy atom. The zero-order valence-corrected chi connectivity index (χ0v) is 16.7. The predicted octanol–water partition coefficient (Wildman–Crippen LogP) is 0.750. The molecule has 27 heavy (non-hydrogen) atoms. The van der Waals surface area contributed by atoms with E-state index in [0.717, 1.165) is 32.1 Å². The third-order valence-corrected chi connectivity index (χ3v) is 8.46. The van der Waals surface area contributed by atoms with E-state index in [1.54, 1.807) is 0 Å². The van der Waals surface area contributed by atoms with E-state index in [-0.39, 0.29) is 29.7 Å². The first-order chi connectivity index (χ1) is 12.8. The number of carbonyl (C=O) groups is 1. The minimum Gasteiger partial charge on any atom is -0.459 e. The number of aliphatic hydroxyl groups is 1. The fourth-order valence-corrected chi connectivity index (χ4v) is 7.44. The first-order valence-electron chi connectivity index (χ1n) is 10.2. The van der Waals surface area contributed by atoms with Crippen LogP contribution in [0.15, 0.2) is 0 Å². The van der Waals surface area contributed by atoms with Gasteiger partial charge < -0.3 is 19.5 Å². The Balaban J connectivity index is 1.32. The molecule has 0 spiro atoms. The highest BCUT2D eigenvalue weighted by Gasteiger charge is 2.60. The van der Waals surface area contributed by atoms with Gasteiger partial charge in [0.1, 0.15) is 5.60 Å². The summed E-state index contributed by atoms with van der Waals surface area (Å²) in [5.74, 6) is 1.28. The van der Waals surface area contributed by atoms with Crippen LogP contribution < -0.4 is 0 Å². The second kappa shape index (κ2) is 7.28. The highest BCUT2D eigenvalue weighted by molar-refractivity contribution is 7.91. The van der Waals surface area contributed by atoms with Crippen LogP contribution in [0.2, 0.25) is 0 Å². The number of rotatable bonds is 7. The van der Waals surface area contributed by atoms with E-state index in [2.05, 4.69) is 0 Å². The summed E-state index contributed by atoms with van der Waals surface area (Å²) in [7, 11) is -2.89. The molecule has 8 heteroatoms. The molecule has 5 aliphatic rings. The maximum Gasteiger partial charge on any atom is 0.307 e. The highest BCUT2D eigenvalue weighted by Crippen LogP contribution is 2.60. The Hall–Kier alpha value is -0.700. The van der Waals surface area contributed by atoms with E-state index in [1.807, 2.05) is 4.90 Å². The molecule has 1 heterocycles. The molecule has 0 aromatic rings. The van der Waals surface area contributed by atoms with E-state index in [1.165, 1.54) is 6.42 Å². The summed E-state index contributed by atoms with van der Waals surface area (Å²) in [5, 5.41) is 9.15. The van der Waals surface area contributed by atoms with Gasteiger partial charge in [0.15, 0.2) is 9.84 Å². The fraction of sp³-hybridized carbons (Fsp3) is 0.947. The van der Waals surface area contributed by atoms with E-state index in [9.17, 15) is 13.2 Å². The van der Waals surface area contributed by atoms with Crippen molar-refractivity contribution in [2.24, 2.45) is 11.8 Å². The number of aliphatic hydroxyl groups excluding tert-OH is 1. The molecular formula is C19H31NO6S. The third kappa shape index (κ3) is 4.33. The maximum absolute atomic E-state index is 12.6. The molecule has 4 aliphatic carbocycles. The summed E-state index contributed by atoms with van der Waals surface area (Å²) in [6, 6.07) is 0. The summed E-state index contributed by atoms with van der Waals surface area (Å²) < 4.78 is 35.1. The minimum atomic E-state index is -2.89. The van der Waals surface area contributed by atoms with Gasteiger partial charge in [0.2, 0.25) is 0 Å². The molecule has 2 atom stereocenters. The van der Waals surface area contributed by atoms with Crippen LogP contribution in [0.5, 0.6) is 0 Å². The Bertz CT molecular complexity index is 650. The quantitative estimate of drug-likeness (QED) is 0.629. The standard InChI is InChI=1S/C19H31NO6S/c21-5-6-25-18-10-15-9-16(11-18)13-19(12-15,14-18)26-17(22)1-2-20-3-7-27(23,24)8-4-20/h15-16,21H,1-14H2.